The Morgan fingerprint density at radius 1 is 1.46 bits per heavy atom. The zero-order valence-electron chi connectivity index (χ0n) is 8.15. The molecule has 0 saturated heterocycles. The monoisotopic (exact) mass is 199 g/mol. The molecule has 0 radical (unpaired) electrons. The van der Waals surface area contributed by atoms with Crippen LogP contribution in [0.3, 0.4) is 0 Å². The maximum absolute atomic E-state index is 5.92. The number of ether oxygens (including phenoxy) is 1. The molecule has 1 rings (SSSR count). The summed E-state index contributed by atoms with van der Waals surface area (Å²) >= 11 is 5.92. The number of hydrogen-bond acceptors (Lipinski definition) is 2. The second kappa shape index (κ2) is 4.38. The standard InChI is InChI=1S/C10H14ClNO/c1-4-12-9-6-8(11)5-7(2)10(9)13-3/h5-6,12H,4H2,1-3H3. The first-order valence-corrected chi connectivity index (χ1v) is 4.64. The van der Waals surface area contributed by atoms with Crippen molar-refractivity contribution in [3.8, 4) is 5.75 Å². The van der Waals surface area contributed by atoms with E-state index >= 15 is 0 Å². The lowest BCUT2D eigenvalue weighted by Gasteiger charge is -2.12. The number of rotatable bonds is 3. The second-order valence-electron chi connectivity index (χ2n) is 2.83. The SMILES string of the molecule is CCNc1cc(Cl)cc(C)c1OC. The highest BCUT2D eigenvalue weighted by molar-refractivity contribution is 6.31. The molecule has 0 spiro atoms. The molecule has 0 heterocycles. The molecule has 0 aliphatic rings. The smallest absolute Gasteiger partial charge is 0.144 e. The van der Waals surface area contributed by atoms with Gasteiger partial charge in [0.05, 0.1) is 12.8 Å². The molecule has 0 bridgehead atoms. The summed E-state index contributed by atoms with van der Waals surface area (Å²) in [6, 6.07) is 3.76. The molecule has 0 saturated carbocycles. The van der Waals surface area contributed by atoms with Crippen LogP contribution in [0.2, 0.25) is 5.02 Å². The van der Waals surface area contributed by atoms with Crippen molar-refractivity contribution >= 4 is 17.3 Å². The van der Waals surface area contributed by atoms with Crippen molar-refractivity contribution in [3.63, 3.8) is 0 Å². The Hall–Kier alpha value is -0.890. The average Bonchev–Trinajstić information content (AvgIpc) is 2.04. The zero-order valence-corrected chi connectivity index (χ0v) is 8.90. The highest BCUT2D eigenvalue weighted by Gasteiger charge is 2.06. The Bertz CT molecular complexity index is 299. The number of anilines is 1. The molecule has 13 heavy (non-hydrogen) atoms. The van der Waals surface area contributed by atoms with E-state index in [1.54, 1.807) is 7.11 Å². The van der Waals surface area contributed by atoms with E-state index in [1.807, 2.05) is 26.0 Å². The Labute approximate surface area is 83.9 Å². The first-order chi connectivity index (χ1) is 6.19. The fraction of sp³-hybridized carbons (Fsp3) is 0.400. The van der Waals surface area contributed by atoms with E-state index in [-0.39, 0.29) is 0 Å². The van der Waals surface area contributed by atoms with E-state index in [9.17, 15) is 0 Å². The summed E-state index contributed by atoms with van der Waals surface area (Å²) in [7, 11) is 1.66. The van der Waals surface area contributed by atoms with Gasteiger partial charge in [-0.25, -0.2) is 0 Å². The largest absolute Gasteiger partial charge is 0.494 e. The summed E-state index contributed by atoms with van der Waals surface area (Å²) in [6.07, 6.45) is 0. The van der Waals surface area contributed by atoms with Gasteiger partial charge < -0.3 is 10.1 Å². The summed E-state index contributed by atoms with van der Waals surface area (Å²) in [6.45, 7) is 4.87. The van der Waals surface area contributed by atoms with Crippen molar-refractivity contribution in [2.24, 2.45) is 0 Å². The van der Waals surface area contributed by atoms with Gasteiger partial charge in [-0.3, -0.25) is 0 Å². The molecular formula is C10H14ClNO. The topological polar surface area (TPSA) is 21.3 Å². The van der Waals surface area contributed by atoms with Crippen LogP contribution in [0.1, 0.15) is 12.5 Å². The van der Waals surface area contributed by atoms with Crippen LogP contribution in [0.15, 0.2) is 12.1 Å². The number of benzene rings is 1. The number of hydrogen-bond donors (Lipinski definition) is 1. The molecular weight excluding hydrogens is 186 g/mol. The molecule has 72 valence electrons. The van der Waals surface area contributed by atoms with Gasteiger partial charge in [-0.15, -0.1) is 0 Å². The maximum Gasteiger partial charge on any atom is 0.144 e. The first-order valence-electron chi connectivity index (χ1n) is 4.27. The minimum atomic E-state index is 0.731. The van der Waals surface area contributed by atoms with E-state index in [0.717, 1.165) is 28.6 Å². The van der Waals surface area contributed by atoms with Gasteiger partial charge in [-0.2, -0.15) is 0 Å². The third kappa shape index (κ3) is 2.28. The molecule has 0 unspecified atom stereocenters. The lowest BCUT2D eigenvalue weighted by molar-refractivity contribution is 0.413. The van der Waals surface area contributed by atoms with Gasteiger partial charge in [0, 0.05) is 11.6 Å². The van der Waals surface area contributed by atoms with Crippen LogP contribution in [-0.4, -0.2) is 13.7 Å². The lowest BCUT2D eigenvalue weighted by Crippen LogP contribution is -2.00. The van der Waals surface area contributed by atoms with E-state index in [1.165, 1.54) is 0 Å². The first kappa shape index (κ1) is 10.2. The van der Waals surface area contributed by atoms with Crippen LogP contribution >= 0.6 is 11.6 Å². The van der Waals surface area contributed by atoms with Crippen LogP contribution in [0.4, 0.5) is 5.69 Å². The normalized spacial score (nSPS) is 9.85. The van der Waals surface area contributed by atoms with Crippen molar-refractivity contribution in [1.82, 2.24) is 0 Å². The number of halogens is 1. The van der Waals surface area contributed by atoms with Crippen LogP contribution in [0.25, 0.3) is 0 Å². The Kier molecular flexibility index (Phi) is 3.43. The second-order valence-corrected chi connectivity index (χ2v) is 3.27. The molecule has 0 aliphatic heterocycles. The molecule has 3 heteroatoms. The Morgan fingerprint density at radius 3 is 2.69 bits per heavy atom. The zero-order chi connectivity index (χ0) is 9.84. The fourth-order valence-electron chi connectivity index (χ4n) is 1.32. The highest BCUT2D eigenvalue weighted by atomic mass is 35.5. The lowest BCUT2D eigenvalue weighted by atomic mass is 10.2. The summed E-state index contributed by atoms with van der Waals surface area (Å²) in [5.74, 6) is 0.867. The number of nitrogens with one attached hydrogen (secondary N) is 1. The van der Waals surface area contributed by atoms with E-state index in [4.69, 9.17) is 16.3 Å². The van der Waals surface area contributed by atoms with Crippen LogP contribution in [-0.2, 0) is 0 Å². The summed E-state index contributed by atoms with van der Waals surface area (Å²) in [5.41, 5.74) is 2.00. The van der Waals surface area contributed by atoms with Crippen molar-refractivity contribution in [1.29, 1.82) is 0 Å². The molecule has 0 fully saturated rings. The van der Waals surface area contributed by atoms with E-state index in [0.29, 0.717) is 0 Å². The number of aryl methyl sites for hydroxylation is 1. The average molecular weight is 200 g/mol. The maximum atomic E-state index is 5.92. The summed E-state index contributed by atoms with van der Waals surface area (Å²) in [4.78, 5) is 0. The van der Waals surface area contributed by atoms with Crippen molar-refractivity contribution in [3.05, 3.63) is 22.7 Å². The van der Waals surface area contributed by atoms with Crippen molar-refractivity contribution in [2.45, 2.75) is 13.8 Å². The van der Waals surface area contributed by atoms with Gasteiger partial charge in [0.25, 0.3) is 0 Å². The summed E-state index contributed by atoms with van der Waals surface area (Å²) in [5, 5.41) is 3.93. The highest BCUT2D eigenvalue weighted by Crippen LogP contribution is 2.31. The minimum absolute atomic E-state index is 0.731. The molecule has 0 atom stereocenters. The van der Waals surface area contributed by atoms with Gasteiger partial charge in [0.1, 0.15) is 5.75 Å². The predicted molar refractivity (Wildman–Crippen MR) is 56.9 cm³/mol. The third-order valence-corrected chi connectivity index (χ3v) is 2.03. The molecule has 0 aromatic heterocycles. The third-order valence-electron chi connectivity index (χ3n) is 1.81. The summed E-state index contributed by atoms with van der Waals surface area (Å²) < 4.78 is 5.26. The van der Waals surface area contributed by atoms with E-state index < -0.39 is 0 Å². The molecule has 1 N–H and O–H groups in total. The van der Waals surface area contributed by atoms with Crippen molar-refractivity contribution < 1.29 is 4.74 Å². The van der Waals surface area contributed by atoms with Gasteiger partial charge in [0.15, 0.2) is 0 Å². The predicted octanol–water partition coefficient (Wildman–Crippen LogP) is 3.09. The molecule has 1 aromatic rings. The fourth-order valence-corrected chi connectivity index (χ4v) is 1.60. The number of methoxy groups -OCH3 is 1. The molecule has 1 aromatic carbocycles. The van der Waals surface area contributed by atoms with Crippen LogP contribution in [0.5, 0.6) is 5.75 Å². The van der Waals surface area contributed by atoms with Gasteiger partial charge in [0.2, 0.25) is 0 Å². The van der Waals surface area contributed by atoms with Crippen molar-refractivity contribution in [2.75, 3.05) is 19.0 Å². The van der Waals surface area contributed by atoms with Gasteiger partial charge in [-0.05, 0) is 31.5 Å². The molecule has 2 nitrogen and oxygen atoms in total. The molecule has 0 amide bonds. The van der Waals surface area contributed by atoms with Crippen LogP contribution < -0.4 is 10.1 Å². The van der Waals surface area contributed by atoms with Gasteiger partial charge in [-0.1, -0.05) is 11.6 Å². The van der Waals surface area contributed by atoms with Gasteiger partial charge >= 0.3 is 0 Å². The minimum Gasteiger partial charge on any atom is -0.494 e. The quantitative estimate of drug-likeness (QED) is 0.808. The Balaban J connectivity index is 3.13. The van der Waals surface area contributed by atoms with Crippen LogP contribution in [0, 0.1) is 6.92 Å². The van der Waals surface area contributed by atoms with E-state index in [2.05, 4.69) is 5.32 Å². The molecule has 0 aliphatic carbocycles. The Morgan fingerprint density at radius 2 is 2.15 bits per heavy atom.